The molecule has 7 heteroatoms. The molecule has 0 saturated carbocycles. The molecule has 0 fully saturated rings. The van der Waals surface area contributed by atoms with Gasteiger partial charge in [-0.25, -0.2) is 0 Å². The summed E-state index contributed by atoms with van der Waals surface area (Å²) < 4.78 is 38.5. The van der Waals surface area contributed by atoms with Crippen LogP contribution in [0.1, 0.15) is 11.1 Å². The molecule has 4 nitrogen and oxygen atoms in total. The highest BCUT2D eigenvalue weighted by Gasteiger charge is 2.33. The molecule has 0 radical (unpaired) electrons. The lowest BCUT2D eigenvalue weighted by Gasteiger charge is -2.19. The van der Waals surface area contributed by atoms with Gasteiger partial charge in [0, 0.05) is 12.2 Å². The predicted molar refractivity (Wildman–Crippen MR) is 62.4 cm³/mol. The molecule has 0 unspecified atom stereocenters. The Kier molecular flexibility index (Phi) is 4.74. The first-order valence-electron chi connectivity index (χ1n) is 5.30. The predicted octanol–water partition coefficient (Wildman–Crippen LogP) is 2.14. The molecule has 0 spiro atoms. The van der Waals surface area contributed by atoms with Gasteiger partial charge in [0.1, 0.15) is 0 Å². The summed E-state index contributed by atoms with van der Waals surface area (Å²) in [6.45, 7) is -0.360. The van der Waals surface area contributed by atoms with Crippen LogP contribution >= 0.6 is 0 Å². The van der Waals surface area contributed by atoms with Crippen LogP contribution < -0.4 is 5.73 Å². The van der Waals surface area contributed by atoms with Gasteiger partial charge in [-0.05, 0) is 17.7 Å². The molecule has 0 heterocycles. The summed E-state index contributed by atoms with van der Waals surface area (Å²) in [6, 6.07) is 7.10. The van der Waals surface area contributed by atoms with Gasteiger partial charge in [0.25, 0.3) is 0 Å². The maximum atomic E-state index is 12.8. The summed E-state index contributed by atoms with van der Waals surface area (Å²) >= 11 is 0. The Labute approximate surface area is 108 Å². The van der Waals surface area contributed by atoms with E-state index < -0.39 is 11.7 Å². The first-order valence-corrected chi connectivity index (χ1v) is 5.30. The molecule has 0 atom stereocenters. The summed E-state index contributed by atoms with van der Waals surface area (Å²) in [6.07, 6.45) is -4.52. The molecule has 0 bridgehead atoms. The number of hydrogen-bond donors (Lipinski definition) is 1. The van der Waals surface area contributed by atoms with Gasteiger partial charge in [-0.1, -0.05) is 6.07 Å². The van der Waals surface area contributed by atoms with Gasteiger partial charge < -0.3 is 5.73 Å². The van der Waals surface area contributed by atoms with Gasteiger partial charge in [-0.3, -0.25) is 4.90 Å². The Morgan fingerprint density at radius 1 is 1.16 bits per heavy atom. The summed E-state index contributed by atoms with van der Waals surface area (Å²) in [5, 5.41) is 17.1. The Balaban J connectivity index is 3.07. The zero-order valence-corrected chi connectivity index (χ0v) is 9.91. The minimum atomic E-state index is -4.52. The maximum Gasteiger partial charge on any atom is 0.416 e. The van der Waals surface area contributed by atoms with Crippen LogP contribution in [-0.4, -0.2) is 18.0 Å². The van der Waals surface area contributed by atoms with E-state index in [0.29, 0.717) is 0 Å². The molecule has 2 N–H and O–H groups in total. The van der Waals surface area contributed by atoms with Crippen molar-refractivity contribution in [2.24, 2.45) is 0 Å². The van der Waals surface area contributed by atoms with Crippen LogP contribution in [0.5, 0.6) is 0 Å². The normalized spacial score (nSPS) is 11.1. The molecule has 0 saturated heterocycles. The van der Waals surface area contributed by atoms with Crippen LogP contribution in [0.15, 0.2) is 18.2 Å². The molecule has 100 valence electrons. The van der Waals surface area contributed by atoms with Crippen molar-refractivity contribution < 1.29 is 13.2 Å². The van der Waals surface area contributed by atoms with Crippen LogP contribution in [0.25, 0.3) is 0 Å². The summed E-state index contributed by atoms with van der Waals surface area (Å²) in [5.41, 5.74) is 4.52. The molecule has 0 aromatic heterocycles. The zero-order chi connectivity index (χ0) is 14.5. The second kappa shape index (κ2) is 6.07. The molecule has 1 aromatic carbocycles. The molecular weight excluding hydrogens is 257 g/mol. The number of anilines is 1. The summed E-state index contributed by atoms with van der Waals surface area (Å²) in [7, 11) is 0. The van der Waals surface area contributed by atoms with Crippen LogP contribution in [-0.2, 0) is 12.7 Å². The van der Waals surface area contributed by atoms with E-state index in [4.69, 9.17) is 16.3 Å². The molecule has 0 aliphatic heterocycles. The van der Waals surface area contributed by atoms with Gasteiger partial charge in [-0.2, -0.15) is 23.7 Å². The number of benzene rings is 1. The van der Waals surface area contributed by atoms with Crippen molar-refractivity contribution in [3.05, 3.63) is 29.3 Å². The number of alkyl halides is 3. The van der Waals surface area contributed by atoms with Crippen molar-refractivity contribution in [2.45, 2.75) is 12.7 Å². The lowest BCUT2D eigenvalue weighted by atomic mass is 10.1. The second-order valence-electron chi connectivity index (χ2n) is 3.88. The number of nitriles is 2. The SMILES string of the molecule is N#CCN(CC#N)Cc1ccc(N)cc1C(F)(F)F. The number of nitrogen functional groups attached to an aromatic ring is 1. The van der Waals surface area contributed by atoms with Crippen LogP contribution in [0.2, 0.25) is 0 Å². The number of nitrogens with zero attached hydrogens (tertiary/aromatic N) is 3. The quantitative estimate of drug-likeness (QED) is 0.670. The number of rotatable bonds is 4. The average Bonchev–Trinajstić information content (AvgIpc) is 2.31. The van der Waals surface area contributed by atoms with Crippen LogP contribution in [0.3, 0.4) is 0 Å². The van der Waals surface area contributed by atoms with Crippen molar-refractivity contribution in [2.75, 3.05) is 18.8 Å². The largest absolute Gasteiger partial charge is 0.416 e. The molecule has 0 aliphatic rings. The Morgan fingerprint density at radius 2 is 1.74 bits per heavy atom. The lowest BCUT2D eigenvalue weighted by molar-refractivity contribution is -0.138. The van der Waals surface area contributed by atoms with E-state index in [9.17, 15) is 13.2 Å². The minimum absolute atomic E-state index is 0.00722. The van der Waals surface area contributed by atoms with E-state index in [1.165, 1.54) is 17.0 Å². The van der Waals surface area contributed by atoms with Crippen molar-refractivity contribution >= 4 is 5.69 Å². The second-order valence-corrected chi connectivity index (χ2v) is 3.88. The van der Waals surface area contributed by atoms with E-state index in [1.807, 2.05) is 12.1 Å². The third-order valence-corrected chi connectivity index (χ3v) is 2.42. The molecule has 1 rings (SSSR count). The minimum Gasteiger partial charge on any atom is -0.399 e. The van der Waals surface area contributed by atoms with E-state index in [1.54, 1.807) is 0 Å². The number of nitrogens with two attached hydrogens (primary N) is 1. The van der Waals surface area contributed by atoms with E-state index in [-0.39, 0.29) is 30.9 Å². The summed E-state index contributed by atoms with van der Waals surface area (Å²) in [4.78, 5) is 1.32. The Bertz CT molecular complexity index is 509. The van der Waals surface area contributed by atoms with Gasteiger partial charge in [0.15, 0.2) is 0 Å². The van der Waals surface area contributed by atoms with E-state index in [0.717, 1.165) is 6.07 Å². The maximum absolute atomic E-state index is 12.8. The smallest absolute Gasteiger partial charge is 0.399 e. The fourth-order valence-electron chi connectivity index (χ4n) is 1.60. The van der Waals surface area contributed by atoms with E-state index >= 15 is 0 Å². The monoisotopic (exact) mass is 268 g/mol. The first kappa shape index (κ1) is 14.8. The van der Waals surface area contributed by atoms with Crippen molar-refractivity contribution in [1.82, 2.24) is 4.90 Å². The third-order valence-electron chi connectivity index (χ3n) is 2.42. The first-order chi connectivity index (χ1) is 8.88. The van der Waals surface area contributed by atoms with Gasteiger partial charge in [0.2, 0.25) is 0 Å². The standard InChI is InChI=1S/C12H11F3N4/c13-12(14,15)11-7-10(18)2-1-9(11)8-19(5-3-16)6-4-17/h1-2,7H,5-6,8,18H2. The van der Waals surface area contributed by atoms with E-state index in [2.05, 4.69) is 0 Å². The molecular formula is C12H11F3N4. The highest BCUT2D eigenvalue weighted by atomic mass is 19.4. The van der Waals surface area contributed by atoms with Crippen LogP contribution in [0.4, 0.5) is 18.9 Å². The van der Waals surface area contributed by atoms with Crippen molar-refractivity contribution in [1.29, 1.82) is 10.5 Å². The topological polar surface area (TPSA) is 76.8 Å². The lowest BCUT2D eigenvalue weighted by Crippen LogP contribution is -2.25. The molecule has 19 heavy (non-hydrogen) atoms. The number of halogens is 3. The summed E-state index contributed by atoms with van der Waals surface area (Å²) in [5.74, 6) is 0. The Morgan fingerprint density at radius 3 is 2.21 bits per heavy atom. The highest BCUT2D eigenvalue weighted by Crippen LogP contribution is 2.33. The fourth-order valence-corrected chi connectivity index (χ4v) is 1.60. The fraction of sp³-hybridized carbons (Fsp3) is 0.333. The van der Waals surface area contributed by atoms with Crippen molar-refractivity contribution in [3.8, 4) is 12.1 Å². The Hall–Kier alpha value is -2.25. The van der Waals surface area contributed by atoms with Gasteiger partial charge >= 0.3 is 6.18 Å². The van der Waals surface area contributed by atoms with Crippen LogP contribution in [0, 0.1) is 22.7 Å². The van der Waals surface area contributed by atoms with Gasteiger partial charge in [-0.15, -0.1) is 0 Å². The molecule has 0 amide bonds. The zero-order valence-electron chi connectivity index (χ0n) is 9.91. The molecule has 0 aliphatic carbocycles. The van der Waals surface area contributed by atoms with Crippen molar-refractivity contribution in [3.63, 3.8) is 0 Å². The van der Waals surface area contributed by atoms with Gasteiger partial charge in [0.05, 0.1) is 30.8 Å². The average molecular weight is 268 g/mol. The number of hydrogen-bond acceptors (Lipinski definition) is 4. The molecule has 1 aromatic rings. The third kappa shape index (κ3) is 4.16. The highest BCUT2D eigenvalue weighted by molar-refractivity contribution is 5.46.